The standard InChI is InChI=1S/C24H23N3O5/c1-24(2,23(25)29)16-7-5-15(6-8-16)13-27-21(28)18-4-3-11-26-22(18)32-17-9-10-19-20(12-17)31-14-30-19/h3-12H,13-14H2,1-2H3,(H2,25,29)(H,27,28). The Hall–Kier alpha value is -4.07. The van der Waals surface area contributed by atoms with Crippen LogP contribution in [0.2, 0.25) is 0 Å². The monoisotopic (exact) mass is 433 g/mol. The highest BCUT2D eigenvalue weighted by molar-refractivity contribution is 5.96. The molecule has 0 saturated heterocycles. The lowest BCUT2D eigenvalue weighted by atomic mass is 9.84. The van der Waals surface area contributed by atoms with Crippen molar-refractivity contribution in [3.63, 3.8) is 0 Å². The van der Waals surface area contributed by atoms with Crippen molar-refractivity contribution in [2.45, 2.75) is 25.8 Å². The normalized spacial score (nSPS) is 12.3. The van der Waals surface area contributed by atoms with Crippen molar-refractivity contribution >= 4 is 11.8 Å². The molecule has 0 saturated carbocycles. The Morgan fingerprint density at radius 1 is 1.09 bits per heavy atom. The molecule has 0 fully saturated rings. The summed E-state index contributed by atoms with van der Waals surface area (Å²) in [4.78, 5) is 28.6. The number of amides is 2. The second-order valence-electron chi connectivity index (χ2n) is 7.84. The van der Waals surface area contributed by atoms with Crippen molar-refractivity contribution < 1.29 is 23.8 Å². The van der Waals surface area contributed by atoms with Crippen LogP contribution in [-0.4, -0.2) is 23.6 Å². The Bertz CT molecular complexity index is 1160. The van der Waals surface area contributed by atoms with Gasteiger partial charge in [0.2, 0.25) is 18.6 Å². The maximum absolute atomic E-state index is 12.8. The molecule has 164 valence electrons. The summed E-state index contributed by atoms with van der Waals surface area (Å²) in [6.45, 7) is 4.01. The summed E-state index contributed by atoms with van der Waals surface area (Å²) in [6.07, 6.45) is 1.55. The number of primary amides is 1. The molecule has 0 spiro atoms. The van der Waals surface area contributed by atoms with Crippen LogP contribution >= 0.6 is 0 Å². The van der Waals surface area contributed by atoms with Gasteiger partial charge < -0.3 is 25.3 Å². The molecule has 0 aliphatic carbocycles. The molecule has 0 atom stereocenters. The first kappa shape index (κ1) is 21.2. The minimum absolute atomic E-state index is 0.164. The molecule has 3 N–H and O–H groups in total. The van der Waals surface area contributed by atoms with Gasteiger partial charge in [0.25, 0.3) is 5.91 Å². The van der Waals surface area contributed by atoms with Crippen LogP contribution in [0.1, 0.15) is 35.3 Å². The summed E-state index contributed by atoms with van der Waals surface area (Å²) in [7, 11) is 0. The van der Waals surface area contributed by atoms with Crippen LogP contribution in [0.3, 0.4) is 0 Å². The lowest BCUT2D eigenvalue weighted by Gasteiger charge is -2.21. The van der Waals surface area contributed by atoms with E-state index in [2.05, 4.69) is 10.3 Å². The number of nitrogens with one attached hydrogen (secondary N) is 1. The van der Waals surface area contributed by atoms with Crippen molar-refractivity contribution in [1.82, 2.24) is 10.3 Å². The summed E-state index contributed by atoms with van der Waals surface area (Å²) >= 11 is 0. The number of carbonyl (C=O) groups excluding carboxylic acids is 2. The van der Waals surface area contributed by atoms with Gasteiger partial charge in [0, 0.05) is 18.8 Å². The highest BCUT2D eigenvalue weighted by Crippen LogP contribution is 2.36. The maximum Gasteiger partial charge on any atom is 0.257 e. The first-order valence-corrected chi connectivity index (χ1v) is 10.0. The largest absolute Gasteiger partial charge is 0.454 e. The van der Waals surface area contributed by atoms with Gasteiger partial charge in [-0.1, -0.05) is 24.3 Å². The van der Waals surface area contributed by atoms with Gasteiger partial charge >= 0.3 is 0 Å². The summed E-state index contributed by atoms with van der Waals surface area (Å²) in [5.74, 6) is 1.16. The molecule has 2 heterocycles. The second-order valence-corrected chi connectivity index (χ2v) is 7.84. The number of hydrogen-bond donors (Lipinski definition) is 2. The van der Waals surface area contributed by atoms with Crippen LogP contribution < -0.4 is 25.3 Å². The van der Waals surface area contributed by atoms with Crippen LogP contribution in [0.5, 0.6) is 23.1 Å². The molecule has 1 aliphatic rings. The van der Waals surface area contributed by atoms with Crippen LogP contribution in [0.15, 0.2) is 60.8 Å². The number of hydrogen-bond acceptors (Lipinski definition) is 6. The Kier molecular flexibility index (Phi) is 5.68. The molecule has 1 aromatic heterocycles. The predicted molar refractivity (Wildman–Crippen MR) is 117 cm³/mol. The van der Waals surface area contributed by atoms with Gasteiger partial charge in [-0.3, -0.25) is 9.59 Å². The van der Waals surface area contributed by atoms with Crippen molar-refractivity contribution in [2.75, 3.05) is 6.79 Å². The number of rotatable bonds is 7. The Morgan fingerprint density at radius 3 is 2.59 bits per heavy atom. The SMILES string of the molecule is CC(C)(C(N)=O)c1ccc(CNC(=O)c2cccnc2Oc2ccc3c(c2)OCO3)cc1. The van der Waals surface area contributed by atoms with Gasteiger partial charge in [0.1, 0.15) is 11.3 Å². The smallest absolute Gasteiger partial charge is 0.257 e. The van der Waals surface area contributed by atoms with Crippen LogP contribution in [0.4, 0.5) is 0 Å². The van der Waals surface area contributed by atoms with Crippen molar-refractivity contribution in [3.05, 3.63) is 77.5 Å². The number of nitrogens with zero attached hydrogens (tertiary/aromatic N) is 1. The second kappa shape index (κ2) is 8.58. The van der Waals surface area contributed by atoms with Crippen molar-refractivity contribution in [3.8, 4) is 23.1 Å². The van der Waals surface area contributed by atoms with E-state index in [1.165, 1.54) is 0 Å². The van der Waals surface area contributed by atoms with E-state index < -0.39 is 11.3 Å². The van der Waals surface area contributed by atoms with Gasteiger partial charge in [0.05, 0.1) is 5.41 Å². The molecule has 2 amide bonds. The Balaban J connectivity index is 1.44. The van der Waals surface area contributed by atoms with E-state index >= 15 is 0 Å². The fourth-order valence-electron chi connectivity index (χ4n) is 3.16. The molecular formula is C24H23N3O5. The minimum Gasteiger partial charge on any atom is -0.454 e. The number of benzene rings is 2. The van der Waals surface area contributed by atoms with Crippen LogP contribution in [-0.2, 0) is 16.8 Å². The lowest BCUT2D eigenvalue weighted by Crippen LogP contribution is -2.35. The zero-order valence-electron chi connectivity index (χ0n) is 17.8. The molecule has 4 rings (SSSR count). The molecule has 0 bridgehead atoms. The number of ether oxygens (including phenoxy) is 3. The van der Waals surface area contributed by atoms with E-state index in [0.717, 1.165) is 11.1 Å². The Labute approximate surface area is 185 Å². The fraction of sp³-hybridized carbons (Fsp3) is 0.208. The molecule has 0 radical (unpaired) electrons. The molecule has 1 aliphatic heterocycles. The van der Waals surface area contributed by atoms with Crippen LogP contribution in [0, 0.1) is 0 Å². The third-order valence-electron chi connectivity index (χ3n) is 5.32. The predicted octanol–water partition coefficient (Wildman–Crippen LogP) is 3.30. The molecule has 0 unspecified atom stereocenters. The van der Waals surface area contributed by atoms with E-state index in [4.69, 9.17) is 19.9 Å². The topological polar surface area (TPSA) is 113 Å². The molecule has 32 heavy (non-hydrogen) atoms. The van der Waals surface area contributed by atoms with Crippen molar-refractivity contribution in [2.24, 2.45) is 5.73 Å². The molecule has 2 aromatic carbocycles. The van der Waals surface area contributed by atoms with E-state index in [9.17, 15) is 9.59 Å². The molecule has 8 nitrogen and oxygen atoms in total. The van der Waals surface area contributed by atoms with Gasteiger partial charge in [-0.25, -0.2) is 4.98 Å². The summed E-state index contributed by atoms with van der Waals surface area (Å²) < 4.78 is 16.5. The average Bonchev–Trinajstić information content (AvgIpc) is 3.26. The van der Waals surface area contributed by atoms with Gasteiger partial charge in [-0.05, 0) is 49.2 Å². The molecular weight excluding hydrogens is 410 g/mol. The number of nitrogens with two attached hydrogens (primary N) is 1. The lowest BCUT2D eigenvalue weighted by molar-refractivity contribution is -0.122. The quantitative estimate of drug-likeness (QED) is 0.591. The van der Waals surface area contributed by atoms with Gasteiger partial charge in [-0.15, -0.1) is 0 Å². The number of carbonyl (C=O) groups is 2. The Morgan fingerprint density at radius 2 is 1.84 bits per heavy atom. The van der Waals surface area contributed by atoms with Crippen LogP contribution in [0.25, 0.3) is 0 Å². The number of fused-ring (bicyclic) bond motifs is 1. The zero-order chi connectivity index (χ0) is 22.7. The van der Waals surface area contributed by atoms with Gasteiger partial charge in [-0.2, -0.15) is 0 Å². The van der Waals surface area contributed by atoms with E-state index in [0.29, 0.717) is 29.4 Å². The highest BCUT2D eigenvalue weighted by Gasteiger charge is 2.27. The minimum atomic E-state index is -0.765. The highest BCUT2D eigenvalue weighted by atomic mass is 16.7. The first-order chi connectivity index (χ1) is 15.3. The number of pyridine rings is 1. The molecule has 3 aromatic rings. The third kappa shape index (κ3) is 4.34. The van der Waals surface area contributed by atoms with E-state index in [-0.39, 0.29) is 18.6 Å². The fourth-order valence-corrected chi connectivity index (χ4v) is 3.16. The number of aromatic nitrogens is 1. The first-order valence-electron chi connectivity index (χ1n) is 10.0. The van der Waals surface area contributed by atoms with Gasteiger partial charge in [0.15, 0.2) is 11.5 Å². The zero-order valence-corrected chi connectivity index (χ0v) is 17.8. The van der Waals surface area contributed by atoms with Crippen molar-refractivity contribution in [1.29, 1.82) is 0 Å². The molecule has 8 heteroatoms. The summed E-state index contributed by atoms with van der Waals surface area (Å²) in [5, 5.41) is 2.87. The van der Waals surface area contributed by atoms with E-state index in [1.807, 2.05) is 24.3 Å². The summed E-state index contributed by atoms with van der Waals surface area (Å²) in [6, 6.07) is 15.8. The maximum atomic E-state index is 12.8. The third-order valence-corrected chi connectivity index (χ3v) is 5.32. The summed E-state index contributed by atoms with van der Waals surface area (Å²) in [5.41, 5.74) is 6.70. The average molecular weight is 433 g/mol. The van der Waals surface area contributed by atoms with E-state index in [1.54, 1.807) is 50.4 Å².